The Kier molecular flexibility index (Phi) is 4.95. The molecule has 5 rings (SSSR count). The van der Waals surface area contributed by atoms with Gasteiger partial charge in [-0.05, 0) is 111 Å². The maximum Gasteiger partial charge on any atom is 0.166 e. The van der Waals surface area contributed by atoms with Crippen molar-refractivity contribution in [2.75, 3.05) is 0 Å². The summed E-state index contributed by atoms with van der Waals surface area (Å²) in [5.74, 6) is 3.31. The topological polar surface area (TPSA) is 37.3 Å². The quantitative estimate of drug-likeness (QED) is 0.518. The number of benzene rings is 1. The number of halogens is 1. The summed E-state index contributed by atoms with van der Waals surface area (Å²) >= 11 is 6.19. The van der Waals surface area contributed by atoms with Gasteiger partial charge in [-0.3, -0.25) is 4.79 Å². The van der Waals surface area contributed by atoms with Crippen molar-refractivity contribution in [1.82, 2.24) is 0 Å². The van der Waals surface area contributed by atoms with E-state index in [1.165, 1.54) is 38.5 Å². The van der Waals surface area contributed by atoms with Crippen LogP contribution < -0.4 is 0 Å². The van der Waals surface area contributed by atoms with Gasteiger partial charge in [0.15, 0.2) is 5.78 Å². The minimum absolute atomic E-state index is 0.129. The first kappa shape index (κ1) is 21.0. The van der Waals surface area contributed by atoms with Crippen LogP contribution in [-0.4, -0.2) is 16.5 Å². The summed E-state index contributed by atoms with van der Waals surface area (Å²) in [6.45, 7) is 7.00. The highest BCUT2D eigenvalue weighted by Gasteiger charge is 2.61. The van der Waals surface area contributed by atoms with E-state index in [2.05, 4.69) is 13.8 Å². The van der Waals surface area contributed by atoms with Crippen molar-refractivity contribution in [1.29, 1.82) is 0 Å². The third-order valence-corrected chi connectivity index (χ3v) is 10.6. The highest BCUT2D eigenvalue weighted by molar-refractivity contribution is 6.31. The smallest absolute Gasteiger partial charge is 0.166 e. The predicted octanol–water partition coefficient (Wildman–Crippen LogP) is 6.93. The van der Waals surface area contributed by atoms with Crippen molar-refractivity contribution in [3.05, 3.63) is 34.9 Å². The van der Waals surface area contributed by atoms with Crippen molar-refractivity contribution in [2.24, 2.45) is 40.4 Å². The van der Waals surface area contributed by atoms with E-state index in [0.29, 0.717) is 28.1 Å². The van der Waals surface area contributed by atoms with Crippen LogP contribution >= 0.6 is 11.6 Å². The average Bonchev–Trinajstić information content (AvgIpc) is 3.05. The van der Waals surface area contributed by atoms with Gasteiger partial charge < -0.3 is 5.11 Å². The first-order valence-corrected chi connectivity index (χ1v) is 12.5. The van der Waals surface area contributed by atoms with Crippen LogP contribution in [0.25, 0.3) is 0 Å². The molecule has 8 atom stereocenters. The monoisotopic (exact) mass is 428 g/mol. The van der Waals surface area contributed by atoms with Gasteiger partial charge in [0.25, 0.3) is 0 Å². The molecule has 0 radical (unpaired) electrons. The molecule has 0 unspecified atom stereocenters. The fraction of sp³-hybridized carbons (Fsp3) is 0.741. The van der Waals surface area contributed by atoms with E-state index < -0.39 is 5.60 Å². The zero-order chi connectivity index (χ0) is 21.3. The van der Waals surface area contributed by atoms with Gasteiger partial charge in [-0.25, -0.2) is 0 Å². The van der Waals surface area contributed by atoms with Crippen LogP contribution in [0.2, 0.25) is 5.02 Å². The molecule has 4 saturated carbocycles. The summed E-state index contributed by atoms with van der Waals surface area (Å²) in [6.07, 6.45) is 10.3. The van der Waals surface area contributed by atoms with E-state index in [9.17, 15) is 9.90 Å². The SMILES string of the molecule is C[C@@]1(O)CC[C@@]2(C)[C@@H](CC[C@@H]3[C@@H]2CC[C@]2(C)[C@@H](C(=O)c4cccc(Cl)c4)CC[C@@H]32)C1. The number of rotatable bonds is 2. The number of ketones is 1. The van der Waals surface area contributed by atoms with Crippen LogP contribution in [-0.2, 0) is 0 Å². The standard InChI is InChI=1S/C27H37ClO2/c1-25(30)13-14-26(2)18(16-25)7-8-20-21-9-10-23(27(21,3)12-11-22(20)26)24(29)17-5-4-6-19(28)15-17/h4-6,15,18,20-23,30H,7-14,16H2,1-3H3/t18-,20-,21-,22-,23+,25+,26-,27-/m0/s1. The Bertz CT molecular complexity index is 847. The number of carbonyl (C=O) groups excluding carboxylic acids is 1. The fourth-order valence-electron chi connectivity index (χ4n) is 8.70. The maximum absolute atomic E-state index is 13.5. The molecule has 4 aliphatic rings. The predicted molar refractivity (Wildman–Crippen MR) is 122 cm³/mol. The number of Topliss-reactive ketones (excluding diaryl/α,β-unsaturated/α-hetero) is 1. The molecule has 0 aliphatic heterocycles. The Hall–Kier alpha value is -0.860. The molecular formula is C27H37ClO2. The minimum Gasteiger partial charge on any atom is -0.390 e. The van der Waals surface area contributed by atoms with Gasteiger partial charge in [0.2, 0.25) is 0 Å². The van der Waals surface area contributed by atoms with Gasteiger partial charge in [0, 0.05) is 16.5 Å². The first-order chi connectivity index (χ1) is 14.1. The third-order valence-electron chi connectivity index (χ3n) is 10.4. The lowest BCUT2D eigenvalue weighted by atomic mass is 9.44. The summed E-state index contributed by atoms with van der Waals surface area (Å²) in [7, 11) is 0. The van der Waals surface area contributed by atoms with Crippen molar-refractivity contribution < 1.29 is 9.90 Å². The molecule has 0 heterocycles. The number of fused-ring (bicyclic) bond motifs is 5. The van der Waals surface area contributed by atoms with E-state index in [1.807, 2.05) is 31.2 Å². The molecule has 0 bridgehead atoms. The summed E-state index contributed by atoms with van der Waals surface area (Å²) in [4.78, 5) is 13.5. The van der Waals surface area contributed by atoms with E-state index in [1.54, 1.807) is 0 Å². The van der Waals surface area contributed by atoms with Crippen LogP contribution in [0.3, 0.4) is 0 Å². The molecule has 164 valence electrons. The summed E-state index contributed by atoms with van der Waals surface area (Å²) in [6, 6.07) is 7.55. The van der Waals surface area contributed by atoms with Crippen LogP contribution in [0.5, 0.6) is 0 Å². The molecule has 1 aromatic carbocycles. The fourth-order valence-corrected chi connectivity index (χ4v) is 8.90. The van der Waals surface area contributed by atoms with Crippen molar-refractivity contribution >= 4 is 17.4 Å². The number of hydrogen-bond acceptors (Lipinski definition) is 2. The molecule has 30 heavy (non-hydrogen) atoms. The molecule has 1 N–H and O–H groups in total. The normalized spacial score (nSPS) is 47.8. The van der Waals surface area contributed by atoms with E-state index in [0.717, 1.165) is 36.7 Å². The number of hydrogen-bond donors (Lipinski definition) is 1. The van der Waals surface area contributed by atoms with E-state index >= 15 is 0 Å². The Balaban J connectivity index is 1.40. The lowest BCUT2D eigenvalue weighted by molar-refractivity contribution is -0.144. The van der Waals surface area contributed by atoms with Gasteiger partial charge in [-0.15, -0.1) is 0 Å². The molecule has 4 aliphatic carbocycles. The highest BCUT2D eigenvalue weighted by atomic mass is 35.5. The second kappa shape index (κ2) is 7.07. The minimum atomic E-state index is -0.470. The molecule has 4 fully saturated rings. The summed E-state index contributed by atoms with van der Waals surface area (Å²) in [5.41, 5.74) is 0.828. The molecule has 1 aromatic rings. The molecular weight excluding hydrogens is 392 g/mol. The number of aliphatic hydroxyl groups is 1. The van der Waals surface area contributed by atoms with Gasteiger partial charge in [0.1, 0.15) is 0 Å². The third kappa shape index (κ3) is 3.12. The highest BCUT2D eigenvalue weighted by Crippen LogP contribution is 2.68. The van der Waals surface area contributed by atoms with Crippen molar-refractivity contribution in [3.63, 3.8) is 0 Å². The van der Waals surface area contributed by atoms with Gasteiger partial charge in [-0.2, -0.15) is 0 Å². The second-order valence-corrected chi connectivity index (χ2v) is 12.3. The van der Waals surface area contributed by atoms with Crippen LogP contribution in [0.1, 0.15) is 88.9 Å². The molecule has 0 amide bonds. The molecule has 0 spiro atoms. The van der Waals surface area contributed by atoms with Crippen molar-refractivity contribution in [2.45, 2.75) is 84.2 Å². The Labute approximate surface area is 186 Å². The zero-order valence-corrected chi connectivity index (χ0v) is 19.5. The number of carbonyl (C=O) groups is 1. The lowest BCUT2D eigenvalue weighted by Gasteiger charge is -2.61. The molecule has 3 heteroatoms. The Morgan fingerprint density at radius 2 is 1.73 bits per heavy atom. The van der Waals surface area contributed by atoms with Crippen LogP contribution in [0, 0.1) is 40.4 Å². The van der Waals surface area contributed by atoms with Crippen molar-refractivity contribution in [3.8, 4) is 0 Å². The largest absolute Gasteiger partial charge is 0.390 e. The zero-order valence-electron chi connectivity index (χ0n) is 18.8. The average molecular weight is 429 g/mol. The van der Waals surface area contributed by atoms with Gasteiger partial charge in [-0.1, -0.05) is 37.6 Å². The van der Waals surface area contributed by atoms with Crippen LogP contribution in [0.4, 0.5) is 0 Å². The van der Waals surface area contributed by atoms with E-state index in [4.69, 9.17) is 11.6 Å². The van der Waals surface area contributed by atoms with Gasteiger partial charge >= 0.3 is 0 Å². The first-order valence-electron chi connectivity index (χ1n) is 12.2. The van der Waals surface area contributed by atoms with Crippen LogP contribution in [0.15, 0.2) is 24.3 Å². The Morgan fingerprint density at radius 3 is 2.50 bits per heavy atom. The molecule has 0 aromatic heterocycles. The summed E-state index contributed by atoms with van der Waals surface area (Å²) < 4.78 is 0. The molecule has 0 saturated heterocycles. The second-order valence-electron chi connectivity index (χ2n) is 11.9. The maximum atomic E-state index is 13.5. The molecule has 2 nitrogen and oxygen atoms in total. The van der Waals surface area contributed by atoms with Gasteiger partial charge in [0.05, 0.1) is 5.60 Å². The Morgan fingerprint density at radius 1 is 0.967 bits per heavy atom. The lowest BCUT2D eigenvalue weighted by Crippen LogP contribution is -2.55. The van der Waals surface area contributed by atoms with E-state index in [-0.39, 0.29) is 11.3 Å². The summed E-state index contributed by atoms with van der Waals surface area (Å²) in [5, 5.41) is 11.3.